The minimum atomic E-state index is -0.410. The van der Waals surface area contributed by atoms with Crippen molar-refractivity contribution in [3.63, 3.8) is 0 Å². The lowest BCUT2D eigenvalue weighted by Crippen LogP contribution is -2.24. The Hall–Kier alpha value is -2.87. The van der Waals surface area contributed by atoms with Crippen molar-refractivity contribution in [1.82, 2.24) is 9.47 Å². The van der Waals surface area contributed by atoms with E-state index in [-0.39, 0.29) is 11.4 Å². The predicted octanol–water partition coefficient (Wildman–Crippen LogP) is 2.69. The fourth-order valence-electron chi connectivity index (χ4n) is 2.14. The van der Waals surface area contributed by atoms with E-state index in [2.05, 4.69) is 0 Å². The van der Waals surface area contributed by atoms with Crippen LogP contribution in [0.15, 0.2) is 41.3 Å². The van der Waals surface area contributed by atoms with Gasteiger partial charge in [-0.15, -0.1) is 0 Å². The van der Waals surface area contributed by atoms with Crippen molar-refractivity contribution in [2.24, 2.45) is 0 Å². The molecule has 0 fully saturated rings. The maximum atomic E-state index is 13.0. The summed E-state index contributed by atoms with van der Waals surface area (Å²) in [5.74, 6) is -0.375. The van der Waals surface area contributed by atoms with Gasteiger partial charge in [-0.2, -0.15) is 5.26 Å². The lowest BCUT2D eigenvalue weighted by atomic mass is 10.1. The number of nitrogens with zero attached hydrogens (tertiary/aromatic N) is 3. The number of hydrogen-bond acceptors (Lipinski definition) is 3. The standard InChI is InChI=1S/C17H16FN3O/c1-12-10-13(8-9-20(2)3)16(11-19)17(22)21(12)15-6-4-14(18)5-7-15/h4-10H,1-3H3. The monoisotopic (exact) mass is 297 g/mol. The van der Waals surface area contributed by atoms with Crippen molar-refractivity contribution in [1.29, 1.82) is 5.26 Å². The maximum absolute atomic E-state index is 13.0. The van der Waals surface area contributed by atoms with Crippen molar-refractivity contribution in [3.05, 3.63) is 69.5 Å². The highest BCUT2D eigenvalue weighted by Crippen LogP contribution is 2.14. The molecule has 0 bridgehead atoms. The molecule has 0 unspecified atom stereocenters. The molecule has 1 aromatic heterocycles. The van der Waals surface area contributed by atoms with Gasteiger partial charge in [-0.3, -0.25) is 9.36 Å². The second-order valence-corrected chi connectivity index (χ2v) is 5.12. The first-order valence-electron chi connectivity index (χ1n) is 6.71. The Morgan fingerprint density at radius 2 is 1.91 bits per heavy atom. The van der Waals surface area contributed by atoms with Crippen LogP contribution in [0.2, 0.25) is 0 Å². The van der Waals surface area contributed by atoms with Crippen LogP contribution in [0.25, 0.3) is 11.8 Å². The van der Waals surface area contributed by atoms with E-state index in [1.807, 2.05) is 25.1 Å². The van der Waals surface area contributed by atoms with Crippen LogP contribution in [-0.4, -0.2) is 23.6 Å². The molecule has 112 valence electrons. The van der Waals surface area contributed by atoms with Crippen LogP contribution in [0.1, 0.15) is 16.8 Å². The molecule has 1 heterocycles. The summed E-state index contributed by atoms with van der Waals surface area (Å²) in [6, 6.07) is 9.32. The normalized spacial score (nSPS) is 10.7. The van der Waals surface area contributed by atoms with E-state index < -0.39 is 5.56 Å². The molecule has 2 rings (SSSR count). The zero-order valence-corrected chi connectivity index (χ0v) is 12.7. The Balaban J connectivity index is 2.66. The summed E-state index contributed by atoms with van der Waals surface area (Å²) in [4.78, 5) is 14.4. The molecule has 22 heavy (non-hydrogen) atoms. The third kappa shape index (κ3) is 3.07. The molecular formula is C17H16FN3O. The van der Waals surface area contributed by atoms with Crippen molar-refractivity contribution in [2.75, 3.05) is 14.1 Å². The average molecular weight is 297 g/mol. The Bertz CT molecular complexity index is 812. The van der Waals surface area contributed by atoms with Gasteiger partial charge in [0.15, 0.2) is 0 Å². The molecule has 0 aliphatic rings. The third-order valence-corrected chi connectivity index (χ3v) is 3.17. The van der Waals surface area contributed by atoms with Gasteiger partial charge in [0.1, 0.15) is 17.4 Å². The molecular weight excluding hydrogens is 281 g/mol. The average Bonchev–Trinajstić information content (AvgIpc) is 2.47. The highest BCUT2D eigenvalue weighted by molar-refractivity contribution is 5.58. The Morgan fingerprint density at radius 1 is 1.27 bits per heavy atom. The van der Waals surface area contributed by atoms with E-state index in [9.17, 15) is 14.4 Å². The zero-order valence-electron chi connectivity index (χ0n) is 12.7. The number of pyridine rings is 1. The van der Waals surface area contributed by atoms with Crippen molar-refractivity contribution in [2.45, 2.75) is 6.92 Å². The molecule has 0 spiro atoms. The number of rotatable bonds is 3. The van der Waals surface area contributed by atoms with Gasteiger partial charge in [0.25, 0.3) is 5.56 Å². The van der Waals surface area contributed by atoms with Gasteiger partial charge in [-0.05, 0) is 49.5 Å². The van der Waals surface area contributed by atoms with E-state index in [0.29, 0.717) is 16.9 Å². The quantitative estimate of drug-likeness (QED) is 0.875. The SMILES string of the molecule is Cc1cc(C=CN(C)C)c(C#N)c(=O)n1-c1ccc(F)cc1. The van der Waals surface area contributed by atoms with Gasteiger partial charge >= 0.3 is 0 Å². The van der Waals surface area contributed by atoms with Crippen molar-refractivity contribution < 1.29 is 4.39 Å². The first-order chi connectivity index (χ1) is 10.4. The van der Waals surface area contributed by atoms with Crippen molar-refractivity contribution >= 4 is 6.08 Å². The summed E-state index contributed by atoms with van der Waals surface area (Å²) in [6.45, 7) is 1.78. The summed E-state index contributed by atoms with van der Waals surface area (Å²) in [6.07, 6.45) is 3.50. The Labute approximate surface area is 128 Å². The Morgan fingerprint density at radius 3 is 2.45 bits per heavy atom. The number of nitriles is 1. The number of aromatic nitrogens is 1. The lowest BCUT2D eigenvalue weighted by molar-refractivity contribution is 0.567. The highest BCUT2D eigenvalue weighted by atomic mass is 19.1. The fraction of sp³-hybridized carbons (Fsp3) is 0.176. The summed E-state index contributed by atoms with van der Waals surface area (Å²) in [5, 5.41) is 9.30. The number of halogens is 1. The van der Waals surface area contributed by atoms with E-state index >= 15 is 0 Å². The number of hydrogen-bond donors (Lipinski definition) is 0. The molecule has 0 saturated heterocycles. The molecule has 0 amide bonds. The maximum Gasteiger partial charge on any atom is 0.273 e. The van der Waals surface area contributed by atoms with Gasteiger partial charge < -0.3 is 4.90 Å². The van der Waals surface area contributed by atoms with E-state index in [0.717, 1.165) is 0 Å². The number of benzene rings is 1. The van der Waals surface area contributed by atoms with Crippen LogP contribution in [0.5, 0.6) is 0 Å². The highest BCUT2D eigenvalue weighted by Gasteiger charge is 2.12. The molecule has 2 aromatic rings. The molecule has 1 aromatic carbocycles. The lowest BCUT2D eigenvalue weighted by Gasteiger charge is -2.12. The van der Waals surface area contributed by atoms with E-state index in [4.69, 9.17) is 0 Å². The van der Waals surface area contributed by atoms with Crippen LogP contribution in [-0.2, 0) is 0 Å². The van der Waals surface area contributed by atoms with Crippen LogP contribution in [0.3, 0.4) is 0 Å². The van der Waals surface area contributed by atoms with E-state index in [1.54, 1.807) is 25.3 Å². The smallest absolute Gasteiger partial charge is 0.273 e. The van der Waals surface area contributed by atoms with Gasteiger partial charge in [-0.1, -0.05) is 0 Å². The largest absolute Gasteiger partial charge is 0.383 e. The molecule has 0 aliphatic carbocycles. The summed E-state index contributed by atoms with van der Waals surface area (Å²) in [5.41, 5.74) is 1.43. The van der Waals surface area contributed by atoms with Crippen LogP contribution in [0.4, 0.5) is 4.39 Å². The summed E-state index contributed by atoms with van der Waals surface area (Å²) in [7, 11) is 3.71. The van der Waals surface area contributed by atoms with Crippen LogP contribution >= 0.6 is 0 Å². The summed E-state index contributed by atoms with van der Waals surface area (Å²) < 4.78 is 14.4. The molecule has 0 aliphatic heterocycles. The zero-order chi connectivity index (χ0) is 16.3. The van der Waals surface area contributed by atoms with Gasteiger partial charge in [-0.25, -0.2) is 4.39 Å². The third-order valence-electron chi connectivity index (χ3n) is 3.17. The van der Waals surface area contributed by atoms with Gasteiger partial charge in [0.05, 0.1) is 0 Å². The van der Waals surface area contributed by atoms with Gasteiger partial charge in [0.2, 0.25) is 0 Å². The first kappa shape index (κ1) is 15.5. The fourth-order valence-corrected chi connectivity index (χ4v) is 2.14. The minimum absolute atomic E-state index is 0.0630. The van der Waals surface area contributed by atoms with Gasteiger partial charge in [0, 0.05) is 31.0 Å². The molecule has 0 N–H and O–H groups in total. The number of aryl methyl sites for hydroxylation is 1. The Kier molecular flexibility index (Phi) is 4.42. The van der Waals surface area contributed by atoms with Crippen LogP contribution < -0.4 is 5.56 Å². The molecule has 4 nitrogen and oxygen atoms in total. The molecule has 5 heteroatoms. The van der Waals surface area contributed by atoms with E-state index in [1.165, 1.54) is 28.8 Å². The molecule has 0 radical (unpaired) electrons. The predicted molar refractivity (Wildman–Crippen MR) is 84.2 cm³/mol. The first-order valence-corrected chi connectivity index (χ1v) is 6.71. The second kappa shape index (κ2) is 6.27. The van der Waals surface area contributed by atoms with Crippen LogP contribution in [0, 0.1) is 24.1 Å². The second-order valence-electron chi connectivity index (χ2n) is 5.12. The molecule has 0 atom stereocenters. The van der Waals surface area contributed by atoms with Crippen molar-refractivity contribution in [3.8, 4) is 11.8 Å². The minimum Gasteiger partial charge on any atom is -0.383 e. The topological polar surface area (TPSA) is 49.0 Å². The molecule has 0 saturated carbocycles. The summed E-state index contributed by atoms with van der Waals surface area (Å²) >= 11 is 0.